The number of rotatable bonds is 9. The van der Waals surface area contributed by atoms with Gasteiger partial charge in [-0.25, -0.2) is 9.67 Å². The predicted octanol–water partition coefficient (Wildman–Crippen LogP) is 2.44. The lowest BCUT2D eigenvalue weighted by atomic mass is 10.1. The first-order chi connectivity index (χ1) is 13.9. The number of nitrogens with zero attached hydrogens (tertiary/aromatic N) is 5. The van der Waals surface area contributed by atoms with Crippen LogP contribution in [-0.2, 0) is 24.4 Å². The van der Waals surface area contributed by atoms with Crippen LogP contribution in [0.2, 0.25) is 0 Å². The molecule has 2 aromatic heterocycles. The first-order valence-electron chi connectivity index (χ1n) is 9.38. The fraction of sp³-hybridized carbons (Fsp3) is 0.400. The van der Waals surface area contributed by atoms with Gasteiger partial charge < -0.3 is 14.7 Å². The molecular weight excluding hydrogens is 390 g/mol. The number of aromatic nitrogens is 4. The van der Waals surface area contributed by atoms with E-state index in [4.69, 9.17) is 4.74 Å². The van der Waals surface area contributed by atoms with Gasteiger partial charge >= 0.3 is 0 Å². The summed E-state index contributed by atoms with van der Waals surface area (Å²) in [5.74, 6) is 0.740. The van der Waals surface area contributed by atoms with E-state index in [1.165, 1.54) is 11.3 Å². The average molecular weight is 416 g/mol. The smallest absolute Gasteiger partial charge is 0.228 e. The summed E-state index contributed by atoms with van der Waals surface area (Å²) in [6.45, 7) is 2.73. The van der Waals surface area contributed by atoms with Gasteiger partial charge in [-0.05, 0) is 24.1 Å². The zero-order valence-corrected chi connectivity index (χ0v) is 17.6. The van der Waals surface area contributed by atoms with Crippen molar-refractivity contribution in [3.63, 3.8) is 0 Å². The lowest BCUT2D eigenvalue weighted by Crippen LogP contribution is -2.23. The van der Waals surface area contributed by atoms with Gasteiger partial charge in [0.2, 0.25) is 5.91 Å². The minimum Gasteiger partial charge on any atom is -0.487 e. The van der Waals surface area contributed by atoms with Crippen LogP contribution in [-0.4, -0.2) is 50.0 Å². The van der Waals surface area contributed by atoms with Crippen LogP contribution in [0.1, 0.15) is 41.4 Å². The zero-order valence-electron chi connectivity index (χ0n) is 16.8. The summed E-state index contributed by atoms with van der Waals surface area (Å²) in [6.07, 6.45) is 2.35. The number of hydrogen-bond donors (Lipinski definition) is 1. The minimum absolute atomic E-state index is 0.0309. The molecular formula is C20H25N5O3S. The number of likely N-dealkylation sites (N-methyl/N-ethyl adjacent to an activating group) is 1. The molecule has 2 heterocycles. The van der Waals surface area contributed by atoms with Crippen molar-refractivity contribution in [2.75, 3.05) is 14.1 Å². The highest BCUT2D eigenvalue weighted by Crippen LogP contribution is 2.20. The Kier molecular flexibility index (Phi) is 6.95. The van der Waals surface area contributed by atoms with Crippen LogP contribution in [0.5, 0.6) is 5.75 Å². The van der Waals surface area contributed by atoms with Gasteiger partial charge in [-0.1, -0.05) is 24.3 Å². The second-order valence-electron chi connectivity index (χ2n) is 6.89. The van der Waals surface area contributed by atoms with E-state index in [1.807, 2.05) is 42.8 Å². The van der Waals surface area contributed by atoms with Gasteiger partial charge in [-0.3, -0.25) is 4.79 Å². The molecule has 3 aromatic rings. The van der Waals surface area contributed by atoms with Crippen LogP contribution < -0.4 is 4.74 Å². The molecule has 0 bridgehead atoms. The van der Waals surface area contributed by atoms with Crippen LogP contribution in [0.15, 0.2) is 35.8 Å². The molecule has 0 fully saturated rings. The Morgan fingerprint density at radius 2 is 2.03 bits per heavy atom. The van der Waals surface area contributed by atoms with Crippen molar-refractivity contribution in [2.45, 2.75) is 39.0 Å². The Balaban J connectivity index is 1.52. The number of aliphatic hydroxyl groups excluding tert-OH is 1. The number of benzene rings is 1. The molecule has 1 unspecified atom stereocenters. The Bertz CT molecular complexity index is 936. The SMILES string of the molecule is CCC(O)c1ccc(OCc2cn(Cc3csc(CC(=O)N(C)C)n3)nn2)cc1. The van der Waals surface area contributed by atoms with Crippen molar-refractivity contribution in [3.05, 3.63) is 57.8 Å². The fourth-order valence-electron chi connectivity index (χ4n) is 2.62. The summed E-state index contributed by atoms with van der Waals surface area (Å²) in [7, 11) is 3.47. The normalized spacial score (nSPS) is 12.0. The van der Waals surface area contributed by atoms with Gasteiger partial charge in [0.1, 0.15) is 23.1 Å². The first-order valence-corrected chi connectivity index (χ1v) is 10.3. The van der Waals surface area contributed by atoms with Crippen LogP contribution in [0.3, 0.4) is 0 Å². The van der Waals surface area contributed by atoms with Crippen molar-refractivity contribution in [1.29, 1.82) is 0 Å². The van der Waals surface area contributed by atoms with Gasteiger partial charge in [0.15, 0.2) is 0 Å². The summed E-state index contributed by atoms with van der Waals surface area (Å²) in [6, 6.07) is 7.40. The second kappa shape index (κ2) is 9.62. The molecule has 3 rings (SSSR count). The molecule has 1 amide bonds. The fourth-order valence-corrected chi connectivity index (χ4v) is 3.39. The van der Waals surface area contributed by atoms with Gasteiger partial charge in [0.05, 0.1) is 31.0 Å². The summed E-state index contributed by atoms with van der Waals surface area (Å²) in [4.78, 5) is 17.8. The molecule has 0 aliphatic carbocycles. The third kappa shape index (κ3) is 5.85. The maximum Gasteiger partial charge on any atom is 0.228 e. The van der Waals surface area contributed by atoms with E-state index < -0.39 is 6.10 Å². The van der Waals surface area contributed by atoms with E-state index in [-0.39, 0.29) is 5.91 Å². The summed E-state index contributed by atoms with van der Waals surface area (Å²) in [5.41, 5.74) is 2.43. The van der Waals surface area contributed by atoms with Crippen molar-refractivity contribution in [3.8, 4) is 5.75 Å². The van der Waals surface area contributed by atoms with E-state index in [9.17, 15) is 9.90 Å². The van der Waals surface area contributed by atoms with E-state index in [2.05, 4.69) is 15.3 Å². The molecule has 0 saturated heterocycles. The highest BCUT2D eigenvalue weighted by atomic mass is 32.1. The lowest BCUT2D eigenvalue weighted by Gasteiger charge is -2.09. The van der Waals surface area contributed by atoms with E-state index >= 15 is 0 Å². The molecule has 0 spiro atoms. The third-order valence-electron chi connectivity index (χ3n) is 4.35. The van der Waals surface area contributed by atoms with E-state index in [0.717, 1.165) is 16.3 Å². The van der Waals surface area contributed by atoms with Crippen LogP contribution in [0.4, 0.5) is 0 Å². The second-order valence-corrected chi connectivity index (χ2v) is 7.83. The summed E-state index contributed by atoms with van der Waals surface area (Å²) >= 11 is 1.47. The molecule has 1 aromatic carbocycles. The predicted molar refractivity (Wildman–Crippen MR) is 110 cm³/mol. The molecule has 0 radical (unpaired) electrons. The number of thiazole rings is 1. The van der Waals surface area contributed by atoms with Crippen LogP contribution >= 0.6 is 11.3 Å². The standard InChI is InChI=1S/C20H25N5O3S/c1-4-18(26)14-5-7-17(8-6-14)28-12-15-10-25(23-22-15)11-16-13-29-19(21-16)9-20(27)24(2)3/h5-8,10,13,18,26H,4,9,11-12H2,1-3H3. The largest absolute Gasteiger partial charge is 0.487 e. The van der Waals surface area contributed by atoms with Gasteiger partial charge in [0, 0.05) is 19.5 Å². The Hall–Kier alpha value is -2.78. The number of hydrogen-bond acceptors (Lipinski definition) is 7. The Morgan fingerprint density at radius 3 is 2.72 bits per heavy atom. The van der Waals surface area contributed by atoms with Crippen LogP contribution in [0, 0.1) is 0 Å². The molecule has 8 nitrogen and oxygen atoms in total. The number of amides is 1. The topological polar surface area (TPSA) is 93.4 Å². The summed E-state index contributed by atoms with van der Waals surface area (Å²) in [5, 5.41) is 20.8. The maximum absolute atomic E-state index is 11.8. The van der Waals surface area contributed by atoms with Crippen molar-refractivity contribution in [1.82, 2.24) is 24.9 Å². The number of ether oxygens (including phenoxy) is 1. The Labute approximate surface area is 173 Å². The van der Waals surface area contributed by atoms with E-state index in [0.29, 0.717) is 37.4 Å². The molecule has 29 heavy (non-hydrogen) atoms. The third-order valence-corrected chi connectivity index (χ3v) is 5.25. The Morgan fingerprint density at radius 1 is 1.28 bits per heavy atom. The van der Waals surface area contributed by atoms with E-state index in [1.54, 1.807) is 23.7 Å². The quantitative estimate of drug-likeness (QED) is 0.577. The van der Waals surface area contributed by atoms with Crippen LogP contribution in [0.25, 0.3) is 0 Å². The summed E-state index contributed by atoms with van der Waals surface area (Å²) < 4.78 is 7.44. The molecule has 154 valence electrons. The highest BCUT2D eigenvalue weighted by molar-refractivity contribution is 7.09. The van der Waals surface area contributed by atoms with Crippen molar-refractivity contribution >= 4 is 17.2 Å². The average Bonchev–Trinajstić information content (AvgIpc) is 3.35. The van der Waals surface area contributed by atoms with Crippen molar-refractivity contribution in [2.24, 2.45) is 0 Å². The molecule has 1 atom stereocenters. The molecule has 0 saturated carbocycles. The number of carbonyl (C=O) groups is 1. The maximum atomic E-state index is 11.8. The highest BCUT2D eigenvalue weighted by Gasteiger charge is 2.11. The minimum atomic E-state index is -0.448. The molecule has 9 heteroatoms. The van der Waals surface area contributed by atoms with Gasteiger partial charge in [-0.15, -0.1) is 16.4 Å². The van der Waals surface area contributed by atoms with Gasteiger partial charge in [-0.2, -0.15) is 0 Å². The molecule has 0 aliphatic heterocycles. The van der Waals surface area contributed by atoms with Crippen molar-refractivity contribution < 1.29 is 14.6 Å². The molecule has 0 aliphatic rings. The number of carbonyl (C=O) groups excluding carboxylic acids is 1. The first kappa shape index (κ1) is 20.9. The zero-order chi connectivity index (χ0) is 20.8. The van der Waals surface area contributed by atoms with Gasteiger partial charge in [0.25, 0.3) is 0 Å². The molecule has 1 N–H and O–H groups in total. The number of aliphatic hydroxyl groups is 1. The lowest BCUT2D eigenvalue weighted by molar-refractivity contribution is -0.127. The monoisotopic (exact) mass is 415 g/mol.